The molecule has 1 rings (SSSR count). The lowest BCUT2D eigenvalue weighted by Crippen LogP contribution is -1.93. The molecule has 1 aromatic carbocycles. The van der Waals surface area contributed by atoms with Crippen molar-refractivity contribution in [2.24, 2.45) is 0 Å². The molecule has 0 saturated heterocycles. The minimum Gasteiger partial charge on any atom is -0.396 e. The molecule has 0 radical (unpaired) electrons. The molecule has 0 unspecified atom stereocenters. The molecule has 0 aliphatic carbocycles. The summed E-state index contributed by atoms with van der Waals surface area (Å²) in [5.74, 6) is 0.393. The molecule has 0 amide bonds. The van der Waals surface area contributed by atoms with E-state index in [0.29, 0.717) is 15.7 Å². The van der Waals surface area contributed by atoms with E-state index in [1.807, 2.05) is 0 Å². The first kappa shape index (κ1) is 11.3. The normalized spacial score (nSPS) is 10.1. The Bertz CT molecular complexity index is 345. The van der Waals surface area contributed by atoms with Crippen molar-refractivity contribution in [2.75, 3.05) is 12.4 Å². The zero-order chi connectivity index (χ0) is 10.6. The van der Waals surface area contributed by atoms with Gasteiger partial charge in [-0.2, -0.15) is 0 Å². The molecule has 0 atom stereocenters. The number of halogens is 1. The third-order valence-corrected chi connectivity index (χ3v) is 3.01. The van der Waals surface area contributed by atoms with Crippen LogP contribution in [0.1, 0.15) is 0 Å². The largest absolute Gasteiger partial charge is 0.396 e. The molecule has 6 heteroatoms. The summed E-state index contributed by atoms with van der Waals surface area (Å²) in [6.45, 7) is -0.0347. The molecule has 0 bridgehead atoms. The summed E-state index contributed by atoms with van der Waals surface area (Å²) >= 11 is 6.98. The molecular weight excluding hydrogens is 226 g/mol. The monoisotopic (exact) mass is 233 g/mol. The molecule has 0 saturated carbocycles. The number of aliphatic hydroxyl groups is 1. The fraction of sp³-hybridized carbons (Fsp3) is 0.250. The van der Waals surface area contributed by atoms with Crippen LogP contribution in [0.25, 0.3) is 0 Å². The van der Waals surface area contributed by atoms with Gasteiger partial charge >= 0.3 is 0 Å². The molecule has 76 valence electrons. The van der Waals surface area contributed by atoms with Crippen LogP contribution in [0.2, 0.25) is 5.02 Å². The van der Waals surface area contributed by atoms with Crippen molar-refractivity contribution in [3.63, 3.8) is 0 Å². The summed E-state index contributed by atoms with van der Waals surface area (Å²) in [5, 5.41) is 19.6. The first-order chi connectivity index (χ1) is 6.66. The number of hydrogen-bond donors (Lipinski definition) is 1. The van der Waals surface area contributed by atoms with E-state index in [1.54, 1.807) is 6.07 Å². The van der Waals surface area contributed by atoms with Gasteiger partial charge in [0.15, 0.2) is 0 Å². The fourth-order valence-corrected chi connectivity index (χ4v) is 2.06. The Morgan fingerprint density at radius 3 is 2.86 bits per heavy atom. The van der Waals surface area contributed by atoms with Gasteiger partial charge in [0.2, 0.25) is 0 Å². The van der Waals surface area contributed by atoms with E-state index in [2.05, 4.69) is 0 Å². The van der Waals surface area contributed by atoms with Gasteiger partial charge in [-0.25, -0.2) is 0 Å². The van der Waals surface area contributed by atoms with Crippen LogP contribution in [0.4, 0.5) is 5.69 Å². The molecule has 0 heterocycles. The summed E-state index contributed by atoms with van der Waals surface area (Å²) in [6, 6.07) is 4.52. The average Bonchev–Trinajstić information content (AvgIpc) is 2.15. The van der Waals surface area contributed by atoms with Crippen molar-refractivity contribution in [3.8, 4) is 0 Å². The maximum absolute atomic E-state index is 10.6. The second kappa shape index (κ2) is 5.19. The fourth-order valence-electron chi connectivity index (χ4n) is 0.932. The van der Waals surface area contributed by atoms with Crippen molar-refractivity contribution < 1.29 is 10.0 Å². The Kier molecular flexibility index (Phi) is 4.19. The summed E-state index contributed by atoms with van der Waals surface area (Å²) in [6.07, 6.45) is 0. The molecule has 1 aromatic rings. The van der Waals surface area contributed by atoms with E-state index in [-0.39, 0.29) is 12.3 Å². The molecule has 0 aliphatic heterocycles. The van der Waals surface area contributed by atoms with Gasteiger partial charge in [-0.15, -0.1) is 11.8 Å². The minimum absolute atomic E-state index is 0.0176. The Morgan fingerprint density at radius 1 is 1.57 bits per heavy atom. The van der Waals surface area contributed by atoms with E-state index < -0.39 is 4.92 Å². The second-order valence-electron chi connectivity index (χ2n) is 2.42. The number of nitrogens with zero attached hydrogens (tertiary/aromatic N) is 1. The molecular formula is C8H8ClNO3S. The number of benzene rings is 1. The zero-order valence-electron chi connectivity index (χ0n) is 7.14. The third kappa shape index (κ3) is 2.60. The van der Waals surface area contributed by atoms with Gasteiger partial charge in [0.25, 0.3) is 5.69 Å². The van der Waals surface area contributed by atoms with Crippen LogP contribution < -0.4 is 0 Å². The number of hydrogen-bond acceptors (Lipinski definition) is 4. The van der Waals surface area contributed by atoms with E-state index in [0.717, 1.165) is 0 Å². The number of rotatable bonds is 4. The lowest BCUT2D eigenvalue weighted by molar-refractivity contribution is -0.387. The molecule has 0 fully saturated rings. The van der Waals surface area contributed by atoms with Gasteiger partial charge in [-0.3, -0.25) is 10.1 Å². The van der Waals surface area contributed by atoms with Crippen LogP contribution in [0.15, 0.2) is 23.1 Å². The molecule has 4 nitrogen and oxygen atoms in total. The molecule has 14 heavy (non-hydrogen) atoms. The summed E-state index contributed by atoms with van der Waals surface area (Å²) < 4.78 is 0. The Morgan fingerprint density at radius 2 is 2.29 bits per heavy atom. The van der Waals surface area contributed by atoms with Crippen molar-refractivity contribution >= 4 is 29.1 Å². The van der Waals surface area contributed by atoms with Gasteiger partial charge in [0.05, 0.1) is 16.6 Å². The smallest absolute Gasteiger partial charge is 0.284 e. The topological polar surface area (TPSA) is 63.4 Å². The molecule has 0 aromatic heterocycles. The van der Waals surface area contributed by atoms with Crippen molar-refractivity contribution in [3.05, 3.63) is 33.3 Å². The predicted octanol–water partition coefficient (Wildman–Crippen LogP) is 2.33. The highest BCUT2D eigenvalue weighted by atomic mass is 35.5. The standard InChI is InChI=1S/C8H8ClNO3S/c9-6-2-1-3-7(10(12)13)8(6)14-5-4-11/h1-3,11H,4-5H2. The van der Waals surface area contributed by atoms with Crippen LogP contribution in [0, 0.1) is 10.1 Å². The van der Waals surface area contributed by atoms with Crippen LogP contribution in [-0.2, 0) is 0 Å². The lowest BCUT2D eigenvalue weighted by atomic mass is 10.3. The van der Waals surface area contributed by atoms with Gasteiger partial charge in [0.1, 0.15) is 4.90 Å². The first-order valence-electron chi connectivity index (χ1n) is 3.83. The van der Waals surface area contributed by atoms with E-state index in [9.17, 15) is 10.1 Å². The van der Waals surface area contributed by atoms with Crippen molar-refractivity contribution in [2.45, 2.75) is 4.90 Å². The number of thioether (sulfide) groups is 1. The Hall–Kier alpha value is -0.780. The van der Waals surface area contributed by atoms with Gasteiger partial charge < -0.3 is 5.11 Å². The van der Waals surface area contributed by atoms with Gasteiger partial charge in [0, 0.05) is 11.8 Å². The predicted molar refractivity (Wildman–Crippen MR) is 55.9 cm³/mol. The van der Waals surface area contributed by atoms with E-state index >= 15 is 0 Å². The summed E-state index contributed by atoms with van der Waals surface area (Å²) in [7, 11) is 0. The minimum atomic E-state index is -0.481. The molecule has 1 N–H and O–H groups in total. The quantitative estimate of drug-likeness (QED) is 0.493. The van der Waals surface area contributed by atoms with Gasteiger partial charge in [-0.1, -0.05) is 17.7 Å². The Balaban J connectivity index is 3.02. The number of nitro benzene ring substituents is 1. The van der Waals surface area contributed by atoms with Crippen molar-refractivity contribution in [1.29, 1.82) is 0 Å². The maximum Gasteiger partial charge on any atom is 0.284 e. The first-order valence-corrected chi connectivity index (χ1v) is 5.19. The average molecular weight is 234 g/mol. The highest BCUT2D eigenvalue weighted by molar-refractivity contribution is 7.99. The molecule has 0 aliphatic rings. The highest BCUT2D eigenvalue weighted by Crippen LogP contribution is 2.35. The third-order valence-electron chi connectivity index (χ3n) is 1.48. The number of aliphatic hydroxyl groups excluding tert-OH is 1. The second-order valence-corrected chi connectivity index (χ2v) is 3.93. The maximum atomic E-state index is 10.6. The van der Waals surface area contributed by atoms with Crippen LogP contribution >= 0.6 is 23.4 Å². The van der Waals surface area contributed by atoms with E-state index in [1.165, 1.54) is 23.9 Å². The van der Waals surface area contributed by atoms with Gasteiger partial charge in [-0.05, 0) is 6.07 Å². The van der Waals surface area contributed by atoms with Crippen LogP contribution in [-0.4, -0.2) is 22.4 Å². The van der Waals surface area contributed by atoms with Crippen LogP contribution in [0.5, 0.6) is 0 Å². The molecule has 0 spiro atoms. The summed E-state index contributed by atoms with van der Waals surface area (Å²) in [5.41, 5.74) is -0.0176. The Labute approximate surface area is 90.0 Å². The number of nitro groups is 1. The SMILES string of the molecule is O=[N+]([O-])c1cccc(Cl)c1SCCO. The van der Waals surface area contributed by atoms with E-state index in [4.69, 9.17) is 16.7 Å². The summed E-state index contributed by atoms with van der Waals surface area (Å²) in [4.78, 5) is 10.5. The lowest BCUT2D eigenvalue weighted by Gasteiger charge is -2.03. The van der Waals surface area contributed by atoms with Crippen molar-refractivity contribution in [1.82, 2.24) is 0 Å². The zero-order valence-corrected chi connectivity index (χ0v) is 8.72. The highest BCUT2D eigenvalue weighted by Gasteiger charge is 2.16. The van der Waals surface area contributed by atoms with Crippen LogP contribution in [0.3, 0.4) is 0 Å².